The predicted octanol–water partition coefficient (Wildman–Crippen LogP) is 4.83. The summed E-state index contributed by atoms with van der Waals surface area (Å²) >= 11 is 0. The molecule has 3 N–H and O–H groups in total. The van der Waals surface area contributed by atoms with Gasteiger partial charge in [0.1, 0.15) is 11.9 Å². The number of Topliss-reactive ketones (excluding diaryl/α,β-unsaturated/α-hetero) is 1. The van der Waals surface area contributed by atoms with Crippen molar-refractivity contribution in [1.82, 2.24) is 5.32 Å². The average Bonchev–Trinajstić information content (AvgIpc) is 3.29. The number of hydrogen-bond donors (Lipinski definition) is 3. The normalized spacial score (nSPS) is 35.4. The molecule has 8 atom stereocenters. The number of amides is 1. The Morgan fingerprint density at radius 2 is 1.80 bits per heavy atom. The van der Waals surface area contributed by atoms with Gasteiger partial charge < -0.3 is 20.4 Å². The number of aliphatic carboxylic acids is 1. The Balaban J connectivity index is 1.20. The third kappa shape index (κ3) is 5.11. The maximum Gasteiger partial charge on any atom is 0.329 e. The van der Waals surface area contributed by atoms with Gasteiger partial charge in [-0.25, -0.2) is 4.79 Å². The first-order valence-electron chi connectivity index (χ1n) is 14.7. The molecule has 8 nitrogen and oxygen atoms in total. The number of allylic oxidation sites excluding steroid dienone is 2. The average molecular weight is 551 g/mol. The first-order chi connectivity index (χ1) is 19.0. The van der Waals surface area contributed by atoms with Crippen LogP contribution in [0.25, 0.3) is 0 Å². The second-order valence-electron chi connectivity index (χ2n) is 12.9. The highest BCUT2D eigenvalue weighted by molar-refractivity contribution is 5.96. The smallest absolute Gasteiger partial charge is 0.329 e. The van der Waals surface area contributed by atoms with Crippen molar-refractivity contribution in [2.45, 2.75) is 84.3 Å². The Morgan fingerprint density at radius 1 is 1.05 bits per heavy atom. The van der Waals surface area contributed by atoms with Gasteiger partial charge >= 0.3 is 5.97 Å². The van der Waals surface area contributed by atoms with Gasteiger partial charge in [-0.05, 0) is 98.5 Å². The lowest BCUT2D eigenvalue weighted by atomic mass is 9.46. The van der Waals surface area contributed by atoms with Crippen molar-refractivity contribution >= 4 is 23.4 Å². The summed E-state index contributed by atoms with van der Waals surface area (Å²) < 4.78 is 0. The first kappa shape index (κ1) is 28.5. The number of fused-ring (bicyclic) bond motifs is 5. The number of carboxylic acid groups (broad SMARTS) is 1. The number of aliphatic hydroxyl groups excluding tert-OH is 1. The third-order valence-corrected chi connectivity index (χ3v) is 10.9. The molecule has 0 radical (unpaired) electrons. The largest absolute Gasteiger partial charge is 0.480 e. The minimum absolute atomic E-state index is 0.122. The Hall–Kier alpha value is -3.00. The lowest BCUT2D eigenvalue weighted by molar-refractivity contribution is -0.146. The minimum Gasteiger partial charge on any atom is -0.480 e. The van der Waals surface area contributed by atoms with E-state index in [0.29, 0.717) is 29.1 Å². The molecule has 216 valence electrons. The van der Waals surface area contributed by atoms with Crippen molar-refractivity contribution in [1.29, 1.82) is 0 Å². The number of carbonyl (C=O) groups excluding carboxylic acids is 2. The molecule has 4 aliphatic rings. The minimum atomic E-state index is -1.50. The molecule has 0 aromatic heterocycles. The van der Waals surface area contributed by atoms with Crippen molar-refractivity contribution in [3.8, 4) is 0 Å². The lowest BCUT2D eigenvalue weighted by Crippen LogP contribution is -2.51. The first-order valence-corrected chi connectivity index (χ1v) is 14.7. The van der Waals surface area contributed by atoms with Gasteiger partial charge in [-0.3, -0.25) is 9.59 Å². The lowest BCUT2D eigenvalue weighted by Gasteiger charge is -2.58. The molecule has 0 aliphatic heterocycles. The molecular formula is C32H42N2O6. The Bertz CT molecular complexity index is 1210. The molecule has 1 amide bonds. The maximum absolute atomic E-state index is 12.4. The van der Waals surface area contributed by atoms with Crippen LogP contribution in [0.5, 0.6) is 0 Å². The van der Waals surface area contributed by atoms with E-state index < -0.39 is 30.6 Å². The molecule has 5 rings (SSSR count). The fourth-order valence-electron chi connectivity index (χ4n) is 8.82. The van der Waals surface area contributed by atoms with Gasteiger partial charge in [0.05, 0.1) is 5.71 Å². The second kappa shape index (κ2) is 11.1. The van der Waals surface area contributed by atoms with E-state index in [-0.39, 0.29) is 16.7 Å². The SMILES string of the molecule is CC(=O)[C@H]1CC[C@H]2[C@@H]3CCC4=C/C(=N/OCC(=O)N[C@H](C(=O)O)[C@H](O)c5ccccc5)CC[C@]4(C)[C@H]3CC[C@]12C. The molecule has 4 aliphatic carbocycles. The van der Waals surface area contributed by atoms with E-state index in [9.17, 15) is 24.6 Å². The van der Waals surface area contributed by atoms with Crippen LogP contribution in [0.2, 0.25) is 0 Å². The van der Waals surface area contributed by atoms with Gasteiger partial charge in [0, 0.05) is 5.92 Å². The maximum atomic E-state index is 12.4. The van der Waals surface area contributed by atoms with Gasteiger partial charge in [0.15, 0.2) is 12.6 Å². The molecule has 0 unspecified atom stereocenters. The summed E-state index contributed by atoms with van der Waals surface area (Å²) in [5.41, 5.74) is 2.88. The van der Waals surface area contributed by atoms with Crippen molar-refractivity contribution in [2.75, 3.05) is 6.61 Å². The van der Waals surface area contributed by atoms with Gasteiger partial charge in [0.25, 0.3) is 5.91 Å². The van der Waals surface area contributed by atoms with Crippen LogP contribution in [-0.4, -0.2) is 46.2 Å². The van der Waals surface area contributed by atoms with Crippen LogP contribution in [0, 0.1) is 34.5 Å². The zero-order valence-electron chi connectivity index (χ0n) is 23.8. The van der Waals surface area contributed by atoms with Crippen molar-refractivity contribution < 1.29 is 29.4 Å². The molecule has 0 saturated heterocycles. The molecular weight excluding hydrogens is 508 g/mol. The fraction of sp³-hybridized carbons (Fsp3) is 0.625. The highest BCUT2D eigenvalue weighted by Crippen LogP contribution is 2.66. The number of nitrogens with one attached hydrogen (secondary N) is 1. The van der Waals surface area contributed by atoms with Gasteiger partial charge in [0.2, 0.25) is 0 Å². The monoisotopic (exact) mass is 550 g/mol. The summed E-state index contributed by atoms with van der Waals surface area (Å²) in [4.78, 5) is 41.9. The van der Waals surface area contributed by atoms with Gasteiger partial charge in [-0.15, -0.1) is 0 Å². The number of nitrogens with zero attached hydrogens (tertiary/aromatic N) is 1. The number of rotatable bonds is 8. The fourth-order valence-corrected chi connectivity index (χ4v) is 8.82. The Kier molecular flexibility index (Phi) is 7.92. The summed E-state index contributed by atoms with van der Waals surface area (Å²) in [6.45, 7) is 6.13. The topological polar surface area (TPSA) is 125 Å². The molecule has 0 bridgehead atoms. The molecule has 3 saturated carbocycles. The molecule has 0 spiro atoms. The van der Waals surface area contributed by atoms with E-state index in [1.54, 1.807) is 37.3 Å². The summed E-state index contributed by atoms with van der Waals surface area (Å²) in [5, 5.41) is 26.6. The molecule has 0 heterocycles. The van der Waals surface area contributed by atoms with Crippen molar-refractivity contribution in [3.05, 3.63) is 47.5 Å². The van der Waals surface area contributed by atoms with Crippen molar-refractivity contribution in [3.63, 3.8) is 0 Å². The number of benzene rings is 1. The van der Waals surface area contributed by atoms with Gasteiger partial charge in [-0.1, -0.05) is 54.9 Å². The number of hydrogen-bond acceptors (Lipinski definition) is 6. The number of oxime groups is 1. The highest BCUT2D eigenvalue weighted by Gasteiger charge is 2.59. The van der Waals surface area contributed by atoms with E-state index in [0.717, 1.165) is 50.7 Å². The van der Waals surface area contributed by atoms with E-state index >= 15 is 0 Å². The van der Waals surface area contributed by atoms with Crippen LogP contribution in [0.1, 0.15) is 83.8 Å². The molecule has 1 aromatic carbocycles. The van der Waals surface area contributed by atoms with E-state index in [4.69, 9.17) is 4.84 Å². The molecule has 1 aromatic rings. The van der Waals surface area contributed by atoms with Crippen LogP contribution in [0.15, 0.2) is 47.1 Å². The summed E-state index contributed by atoms with van der Waals surface area (Å²) in [7, 11) is 0. The number of ketones is 1. The van der Waals surface area contributed by atoms with Crippen LogP contribution < -0.4 is 5.32 Å². The molecule has 8 heteroatoms. The quantitative estimate of drug-likeness (QED) is 0.398. The van der Waals surface area contributed by atoms with Crippen molar-refractivity contribution in [2.24, 2.45) is 39.7 Å². The predicted molar refractivity (Wildman–Crippen MR) is 150 cm³/mol. The Morgan fingerprint density at radius 3 is 2.50 bits per heavy atom. The summed E-state index contributed by atoms with van der Waals surface area (Å²) in [6.07, 6.45) is 9.17. The number of aliphatic hydroxyl groups is 1. The van der Waals surface area contributed by atoms with Crippen LogP contribution in [0.3, 0.4) is 0 Å². The van der Waals surface area contributed by atoms with Crippen LogP contribution in [0.4, 0.5) is 0 Å². The summed E-state index contributed by atoms with van der Waals surface area (Å²) in [5.74, 6) is 0.502. The van der Waals surface area contributed by atoms with Gasteiger partial charge in [-0.2, -0.15) is 0 Å². The standard InChI is InChI=1S/C32H42N2O6/c1-19(35)24-11-12-25-23-10-9-21-17-22(13-15-31(21,2)26(23)14-16-32(24,25)3)34-40-18-27(36)33-28(30(38)39)29(37)20-7-5-4-6-8-20/h4-8,17,23-26,28-29,37H,9-16,18H2,1-3H3,(H,33,36)(H,38,39)/b34-22+/t23-,24+,25-,26-,28-,29+,31-,32+/m0/s1. The van der Waals surface area contributed by atoms with E-state index in [1.165, 1.54) is 12.0 Å². The number of carboxylic acids is 1. The van der Waals surface area contributed by atoms with E-state index in [1.807, 2.05) is 0 Å². The number of carbonyl (C=O) groups is 3. The zero-order chi connectivity index (χ0) is 28.7. The second-order valence-corrected chi connectivity index (χ2v) is 12.9. The zero-order valence-corrected chi connectivity index (χ0v) is 23.8. The Labute approximate surface area is 236 Å². The third-order valence-electron chi connectivity index (χ3n) is 10.9. The molecule has 3 fully saturated rings. The van der Waals surface area contributed by atoms with E-state index in [2.05, 4.69) is 30.4 Å². The molecule has 40 heavy (non-hydrogen) atoms. The highest BCUT2D eigenvalue weighted by atomic mass is 16.6. The summed E-state index contributed by atoms with van der Waals surface area (Å²) in [6, 6.07) is 6.86. The van der Waals surface area contributed by atoms with Crippen LogP contribution >= 0.6 is 0 Å². The van der Waals surface area contributed by atoms with Crippen LogP contribution in [-0.2, 0) is 19.2 Å².